The first-order chi connectivity index (χ1) is 7.99. The van der Waals surface area contributed by atoms with Crippen molar-refractivity contribution in [3.63, 3.8) is 0 Å². The number of alkyl halides is 3. The van der Waals surface area contributed by atoms with Crippen molar-refractivity contribution >= 4 is 6.29 Å². The minimum Gasteiger partial charge on any atom is -0.489 e. The third-order valence-electron chi connectivity index (χ3n) is 2.02. The Morgan fingerprint density at radius 2 is 2.06 bits per heavy atom. The average molecular weight is 244 g/mol. The zero-order valence-electron chi connectivity index (χ0n) is 9.12. The lowest BCUT2D eigenvalue weighted by Gasteiger charge is -2.13. The molecule has 0 spiro atoms. The number of ether oxygens (including phenoxy) is 1. The first-order valence-electron chi connectivity index (χ1n) is 4.89. The summed E-state index contributed by atoms with van der Waals surface area (Å²) in [5.41, 5.74) is -0.970. The van der Waals surface area contributed by atoms with Crippen LogP contribution in [-0.2, 0) is 6.18 Å². The van der Waals surface area contributed by atoms with Gasteiger partial charge in [0.15, 0.2) is 0 Å². The molecule has 0 saturated heterocycles. The summed E-state index contributed by atoms with van der Waals surface area (Å²) in [6, 6.07) is 3.21. The lowest BCUT2D eigenvalue weighted by atomic mass is 10.1. The summed E-state index contributed by atoms with van der Waals surface area (Å²) in [6.45, 7) is 1.80. The third-order valence-corrected chi connectivity index (χ3v) is 2.02. The standard InChI is InChI=1S/C12H11F3O2/c1-2-3-6-17-11-5-4-9(8-16)7-10(11)12(13,14)15/h2-5,7-8H,6H2,1H3. The van der Waals surface area contributed by atoms with Gasteiger partial charge in [-0.3, -0.25) is 4.79 Å². The van der Waals surface area contributed by atoms with Gasteiger partial charge in [0, 0.05) is 5.56 Å². The van der Waals surface area contributed by atoms with Crippen LogP contribution < -0.4 is 4.74 Å². The highest BCUT2D eigenvalue weighted by molar-refractivity contribution is 5.75. The molecule has 0 amide bonds. The van der Waals surface area contributed by atoms with Gasteiger partial charge in [-0.05, 0) is 25.1 Å². The summed E-state index contributed by atoms with van der Waals surface area (Å²) in [5.74, 6) is -0.277. The van der Waals surface area contributed by atoms with E-state index in [1.165, 1.54) is 6.07 Å². The number of carbonyl (C=O) groups is 1. The van der Waals surface area contributed by atoms with Crippen LogP contribution in [0.25, 0.3) is 0 Å². The van der Waals surface area contributed by atoms with Gasteiger partial charge in [0.05, 0.1) is 5.56 Å². The Hall–Kier alpha value is -1.78. The van der Waals surface area contributed by atoms with Gasteiger partial charge in [0.1, 0.15) is 18.6 Å². The largest absolute Gasteiger partial charge is 0.489 e. The van der Waals surface area contributed by atoms with Gasteiger partial charge in [-0.15, -0.1) is 0 Å². The van der Waals surface area contributed by atoms with Crippen LogP contribution in [0.2, 0.25) is 0 Å². The van der Waals surface area contributed by atoms with Crippen molar-refractivity contribution in [2.24, 2.45) is 0 Å². The first-order valence-corrected chi connectivity index (χ1v) is 4.89. The van der Waals surface area contributed by atoms with E-state index >= 15 is 0 Å². The van der Waals surface area contributed by atoms with Gasteiger partial charge in [0.25, 0.3) is 0 Å². The predicted octanol–water partition coefficient (Wildman–Crippen LogP) is 3.47. The Morgan fingerprint density at radius 3 is 2.59 bits per heavy atom. The number of hydrogen-bond acceptors (Lipinski definition) is 2. The number of benzene rings is 1. The normalized spacial score (nSPS) is 11.8. The summed E-state index contributed by atoms with van der Waals surface area (Å²) in [6.07, 6.45) is -0.907. The molecule has 5 heteroatoms. The zero-order chi connectivity index (χ0) is 12.9. The fourth-order valence-corrected chi connectivity index (χ4v) is 1.20. The van der Waals surface area contributed by atoms with Gasteiger partial charge in [-0.25, -0.2) is 0 Å². The molecule has 92 valence electrons. The molecule has 0 unspecified atom stereocenters. The highest BCUT2D eigenvalue weighted by Crippen LogP contribution is 2.36. The van der Waals surface area contributed by atoms with Crippen LogP contribution in [0, 0.1) is 0 Å². The molecule has 0 aliphatic carbocycles. The van der Waals surface area contributed by atoms with Crippen molar-refractivity contribution in [3.05, 3.63) is 41.5 Å². The van der Waals surface area contributed by atoms with Crippen molar-refractivity contribution in [3.8, 4) is 5.75 Å². The van der Waals surface area contributed by atoms with E-state index in [0.717, 1.165) is 12.1 Å². The monoisotopic (exact) mass is 244 g/mol. The molecule has 0 aliphatic rings. The second-order valence-electron chi connectivity index (χ2n) is 3.25. The molecule has 1 rings (SSSR count). The molecule has 2 nitrogen and oxygen atoms in total. The lowest BCUT2D eigenvalue weighted by Crippen LogP contribution is -2.09. The highest BCUT2D eigenvalue weighted by Gasteiger charge is 2.34. The molecule has 1 aromatic rings. The molecule has 0 bridgehead atoms. The van der Waals surface area contributed by atoms with Gasteiger partial charge in [0.2, 0.25) is 0 Å². The molecule has 0 saturated carbocycles. The molecule has 0 atom stereocenters. The summed E-state index contributed by atoms with van der Waals surface area (Å²) in [5, 5.41) is 0. The van der Waals surface area contributed by atoms with Crippen LogP contribution in [-0.4, -0.2) is 12.9 Å². The molecule has 0 aromatic heterocycles. The fraction of sp³-hybridized carbons (Fsp3) is 0.250. The third kappa shape index (κ3) is 3.62. The Labute approximate surface area is 96.7 Å². The molecular formula is C12H11F3O2. The average Bonchev–Trinajstić information content (AvgIpc) is 2.28. The number of aldehydes is 1. The van der Waals surface area contributed by atoms with Crippen LogP contribution in [0.1, 0.15) is 22.8 Å². The lowest BCUT2D eigenvalue weighted by molar-refractivity contribution is -0.138. The summed E-state index contributed by atoms with van der Waals surface area (Å²) >= 11 is 0. The molecule has 1 aromatic carbocycles. The highest BCUT2D eigenvalue weighted by atomic mass is 19.4. The predicted molar refractivity (Wildman–Crippen MR) is 57.1 cm³/mol. The van der Waals surface area contributed by atoms with Crippen molar-refractivity contribution in [2.75, 3.05) is 6.61 Å². The van der Waals surface area contributed by atoms with Gasteiger partial charge >= 0.3 is 6.18 Å². The Balaban J connectivity index is 3.06. The SMILES string of the molecule is CC=CCOc1ccc(C=O)cc1C(F)(F)F. The van der Waals surface area contributed by atoms with Crippen LogP contribution >= 0.6 is 0 Å². The molecule has 0 N–H and O–H groups in total. The van der Waals surface area contributed by atoms with E-state index in [0.29, 0.717) is 6.29 Å². The van der Waals surface area contributed by atoms with Crippen LogP contribution in [0.5, 0.6) is 5.75 Å². The Morgan fingerprint density at radius 1 is 1.35 bits per heavy atom. The van der Waals surface area contributed by atoms with E-state index in [1.54, 1.807) is 19.1 Å². The van der Waals surface area contributed by atoms with E-state index in [-0.39, 0.29) is 17.9 Å². The van der Waals surface area contributed by atoms with E-state index in [4.69, 9.17) is 4.74 Å². The number of rotatable bonds is 4. The van der Waals surface area contributed by atoms with E-state index in [9.17, 15) is 18.0 Å². The minimum absolute atomic E-state index is 0.0318. The Kier molecular flexibility index (Phi) is 4.31. The van der Waals surface area contributed by atoms with Crippen molar-refractivity contribution in [1.82, 2.24) is 0 Å². The van der Waals surface area contributed by atoms with E-state index in [1.807, 2.05) is 0 Å². The molecule has 0 heterocycles. The molecular weight excluding hydrogens is 233 g/mol. The number of halogens is 3. The molecule has 0 radical (unpaired) electrons. The summed E-state index contributed by atoms with van der Waals surface area (Å²) < 4.78 is 43.0. The van der Waals surface area contributed by atoms with E-state index in [2.05, 4.69) is 0 Å². The van der Waals surface area contributed by atoms with E-state index < -0.39 is 11.7 Å². The fourth-order valence-electron chi connectivity index (χ4n) is 1.20. The van der Waals surface area contributed by atoms with Gasteiger partial charge in [-0.2, -0.15) is 13.2 Å². The maximum Gasteiger partial charge on any atom is 0.419 e. The quantitative estimate of drug-likeness (QED) is 0.598. The second kappa shape index (κ2) is 5.52. The molecule has 0 aliphatic heterocycles. The first kappa shape index (κ1) is 13.3. The van der Waals surface area contributed by atoms with Crippen molar-refractivity contribution in [2.45, 2.75) is 13.1 Å². The smallest absolute Gasteiger partial charge is 0.419 e. The second-order valence-corrected chi connectivity index (χ2v) is 3.25. The minimum atomic E-state index is -4.54. The molecule has 0 fully saturated rings. The van der Waals surface area contributed by atoms with Crippen molar-refractivity contribution < 1.29 is 22.7 Å². The topological polar surface area (TPSA) is 26.3 Å². The van der Waals surface area contributed by atoms with Crippen molar-refractivity contribution in [1.29, 1.82) is 0 Å². The maximum atomic E-state index is 12.7. The van der Waals surface area contributed by atoms with Gasteiger partial charge in [-0.1, -0.05) is 12.2 Å². The summed E-state index contributed by atoms with van der Waals surface area (Å²) in [7, 11) is 0. The zero-order valence-corrected chi connectivity index (χ0v) is 9.12. The van der Waals surface area contributed by atoms with Crippen LogP contribution in [0.4, 0.5) is 13.2 Å². The van der Waals surface area contributed by atoms with Crippen LogP contribution in [0.15, 0.2) is 30.4 Å². The maximum absolute atomic E-state index is 12.7. The molecule has 17 heavy (non-hydrogen) atoms. The number of hydrogen-bond donors (Lipinski definition) is 0. The summed E-state index contributed by atoms with van der Waals surface area (Å²) in [4.78, 5) is 10.4. The Bertz CT molecular complexity index is 422. The van der Waals surface area contributed by atoms with Crippen LogP contribution in [0.3, 0.4) is 0 Å². The number of carbonyl (C=O) groups excluding carboxylic acids is 1. The number of allylic oxidation sites excluding steroid dienone is 1. The van der Waals surface area contributed by atoms with Gasteiger partial charge < -0.3 is 4.74 Å².